The third kappa shape index (κ3) is 1.57. The van der Waals surface area contributed by atoms with Gasteiger partial charge in [0.05, 0.1) is 0 Å². The lowest BCUT2D eigenvalue weighted by Gasteiger charge is -2.17. The first-order valence-corrected chi connectivity index (χ1v) is 3.50. The molecule has 1 aliphatic rings. The van der Waals surface area contributed by atoms with Gasteiger partial charge in [-0.25, -0.2) is 0 Å². The normalized spacial score (nSPS) is 18.3. The van der Waals surface area contributed by atoms with Gasteiger partial charge in [-0.3, -0.25) is 4.33 Å². The second kappa shape index (κ2) is 2.87. The van der Waals surface area contributed by atoms with Crippen molar-refractivity contribution < 1.29 is 0 Å². The first-order valence-electron chi connectivity index (χ1n) is 2.35. The fraction of sp³-hybridized carbons (Fsp3) is 0. The van der Waals surface area contributed by atoms with Crippen LogP contribution in [0.2, 0.25) is 0 Å². The van der Waals surface area contributed by atoms with E-state index in [4.69, 9.17) is 34.8 Å². The van der Waals surface area contributed by atoms with Crippen LogP contribution in [0.25, 0.3) is 0 Å². The van der Waals surface area contributed by atoms with Crippen LogP contribution in [-0.2, 0) is 0 Å². The summed E-state index contributed by atoms with van der Waals surface area (Å²) in [7, 11) is 0. The average molecular weight is 182 g/mol. The van der Waals surface area contributed by atoms with Gasteiger partial charge in [-0.1, -0.05) is 23.7 Å². The van der Waals surface area contributed by atoms with Gasteiger partial charge < -0.3 is 0 Å². The summed E-state index contributed by atoms with van der Waals surface area (Å²) in [5.41, 5.74) is 0. The molecule has 0 bridgehead atoms. The predicted octanol–water partition coefficient (Wildman–Crippen LogP) is 2.36. The molecule has 0 saturated heterocycles. The topological polar surface area (TPSA) is 3.24 Å². The number of hydrogen-bond acceptors (Lipinski definition) is 1. The molecule has 0 fully saturated rings. The van der Waals surface area contributed by atoms with Crippen molar-refractivity contribution in [2.24, 2.45) is 0 Å². The van der Waals surface area contributed by atoms with E-state index in [9.17, 15) is 0 Å². The van der Waals surface area contributed by atoms with Crippen molar-refractivity contribution in [3.63, 3.8) is 0 Å². The van der Waals surface area contributed by atoms with Crippen LogP contribution in [0, 0.1) is 0 Å². The van der Waals surface area contributed by atoms with E-state index in [1.807, 2.05) is 0 Å². The van der Waals surface area contributed by atoms with Crippen LogP contribution in [0.1, 0.15) is 0 Å². The maximum atomic E-state index is 5.64. The summed E-state index contributed by atoms with van der Waals surface area (Å²) < 4.78 is 1.25. The lowest BCUT2D eigenvalue weighted by Crippen LogP contribution is -2.23. The number of hydrogen-bond donors (Lipinski definition) is 0. The SMILES string of the molecule is ClB1C=CC=C(Cl)N1Cl. The molecule has 0 spiro atoms. The van der Waals surface area contributed by atoms with Gasteiger partial charge in [0.25, 0.3) is 0 Å². The van der Waals surface area contributed by atoms with Crippen LogP contribution >= 0.6 is 34.8 Å². The van der Waals surface area contributed by atoms with Crippen LogP contribution in [-0.4, -0.2) is 10.6 Å². The minimum atomic E-state index is -0.329. The Balaban J connectivity index is 2.73. The fourth-order valence-electron chi connectivity index (χ4n) is 0.491. The van der Waals surface area contributed by atoms with Crippen molar-refractivity contribution in [3.8, 4) is 0 Å². The molecule has 0 aliphatic carbocycles. The molecule has 0 radical (unpaired) electrons. The average Bonchev–Trinajstić information content (AvgIpc) is 1.83. The molecular weight excluding hydrogens is 179 g/mol. The Morgan fingerprint density at radius 1 is 1.56 bits per heavy atom. The molecule has 5 heteroatoms. The highest BCUT2D eigenvalue weighted by molar-refractivity contribution is 7.10. The Bertz CT molecular complexity index is 167. The second-order valence-corrected chi connectivity index (χ2v) is 2.76. The molecule has 0 saturated carbocycles. The zero-order chi connectivity index (χ0) is 6.85. The lowest BCUT2D eigenvalue weighted by atomic mass is 9.90. The van der Waals surface area contributed by atoms with Crippen LogP contribution < -0.4 is 0 Å². The van der Waals surface area contributed by atoms with Crippen molar-refractivity contribution in [3.05, 3.63) is 23.3 Å². The molecule has 48 valence electrons. The van der Waals surface area contributed by atoms with E-state index in [1.165, 1.54) is 4.33 Å². The zero-order valence-electron chi connectivity index (χ0n) is 4.39. The Kier molecular flexibility index (Phi) is 2.33. The molecule has 1 rings (SSSR count). The highest BCUT2D eigenvalue weighted by Crippen LogP contribution is 2.20. The summed E-state index contributed by atoms with van der Waals surface area (Å²) in [4.78, 5) is 0. The minimum absolute atomic E-state index is 0.329. The maximum Gasteiger partial charge on any atom is 0.404 e. The van der Waals surface area contributed by atoms with Gasteiger partial charge in [0, 0.05) is 11.8 Å². The quantitative estimate of drug-likeness (QED) is 0.316. The largest absolute Gasteiger partial charge is 0.404 e. The number of halogens is 3. The molecule has 0 aromatic rings. The highest BCUT2D eigenvalue weighted by atomic mass is 35.5. The fourth-order valence-corrected chi connectivity index (χ4v) is 1.03. The number of nitrogens with zero attached hydrogens (tertiary/aromatic N) is 1. The molecule has 0 N–H and O–H groups in total. The standard InChI is InChI=1S/C4H3BCl3N/c6-4-2-1-3-5(7)9(4)8/h1-3H. The summed E-state index contributed by atoms with van der Waals surface area (Å²) in [5, 5.41) is 0.444. The van der Waals surface area contributed by atoms with E-state index in [1.54, 1.807) is 18.1 Å². The minimum Gasteiger partial charge on any atom is -0.299 e. The summed E-state index contributed by atoms with van der Waals surface area (Å²) in [6.45, 7) is 0. The van der Waals surface area contributed by atoms with E-state index in [0.717, 1.165) is 0 Å². The predicted molar refractivity (Wildman–Crippen MR) is 42.4 cm³/mol. The van der Waals surface area contributed by atoms with Gasteiger partial charge in [-0.2, -0.15) is 11.5 Å². The summed E-state index contributed by atoms with van der Waals surface area (Å²) in [6, 6.07) is 0. The van der Waals surface area contributed by atoms with Crippen LogP contribution in [0.4, 0.5) is 0 Å². The molecule has 0 aromatic carbocycles. The van der Waals surface area contributed by atoms with Crippen LogP contribution in [0.5, 0.6) is 0 Å². The van der Waals surface area contributed by atoms with Crippen molar-refractivity contribution in [1.29, 1.82) is 0 Å². The molecular formula is C4H3BCl3N. The monoisotopic (exact) mass is 181 g/mol. The van der Waals surface area contributed by atoms with Gasteiger partial charge >= 0.3 is 6.26 Å². The first-order chi connectivity index (χ1) is 4.22. The first kappa shape index (κ1) is 7.32. The second-order valence-electron chi connectivity index (χ2n) is 1.56. The molecule has 0 aromatic heterocycles. The third-order valence-corrected chi connectivity index (χ3v) is 2.15. The summed E-state index contributed by atoms with van der Waals surface area (Å²) in [6.07, 6.45) is 3.11. The van der Waals surface area contributed by atoms with E-state index in [-0.39, 0.29) is 6.26 Å². The number of rotatable bonds is 0. The molecule has 1 heterocycles. The van der Waals surface area contributed by atoms with Crippen molar-refractivity contribution in [2.45, 2.75) is 0 Å². The van der Waals surface area contributed by atoms with E-state index in [2.05, 4.69) is 0 Å². The smallest absolute Gasteiger partial charge is 0.299 e. The van der Waals surface area contributed by atoms with Gasteiger partial charge in [0.15, 0.2) is 0 Å². The van der Waals surface area contributed by atoms with E-state index in [0.29, 0.717) is 5.16 Å². The molecule has 1 nitrogen and oxygen atoms in total. The molecule has 0 unspecified atom stereocenters. The Morgan fingerprint density at radius 3 is 2.67 bits per heavy atom. The van der Waals surface area contributed by atoms with E-state index < -0.39 is 0 Å². The molecule has 0 atom stereocenters. The van der Waals surface area contributed by atoms with Gasteiger partial charge in [0.2, 0.25) is 0 Å². The van der Waals surface area contributed by atoms with Gasteiger partial charge in [-0.05, 0) is 6.08 Å². The van der Waals surface area contributed by atoms with Crippen molar-refractivity contribution in [1.82, 2.24) is 4.33 Å². The van der Waals surface area contributed by atoms with Crippen LogP contribution in [0.15, 0.2) is 23.3 Å². The molecule has 1 aliphatic heterocycles. The maximum absolute atomic E-state index is 5.64. The van der Waals surface area contributed by atoms with Gasteiger partial charge in [-0.15, -0.1) is 0 Å². The zero-order valence-corrected chi connectivity index (χ0v) is 6.66. The number of allylic oxidation sites excluding steroid dienone is 2. The Hall–Kier alpha value is 0.215. The highest BCUT2D eigenvalue weighted by Gasteiger charge is 2.19. The molecule has 0 amide bonds. The van der Waals surface area contributed by atoms with Crippen molar-refractivity contribution >= 4 is 41.1 Å². The summed E-state index contributed by atoms with van der Waals surface area (Å²) >= 11 is 16.8. The summed E-state index contributed by atoms with van der Waals surface area (Å²) in [5.74, 6) is 1.74. The van der Waals surface area contributed by atoms with Crippen molar-refractivity contribution in [2.75, 3.05) is 0 Å². The lowest BCUT2D eigenvalue weighted by molar-refractivity contribution is 0.926. The molecule has 9 heavy (non-hydrogen) atoms. The Labute approximate surface area is 69.0 Å². The van der Waals surface area contributed by atoms with E-state index >= 15 is 0 Å². The Morgan fingerprint density at radius 2 is 2.22 bits per heavy atom. The van der Waals surface area contributed by atoms with Gasteiger partial charge in [0.1, 0.15) is 5.16 Å². The third-order valence-electron chi connectivity index (χ3n) is 0.924. The van der Waals surface area contributed by atoms with Crippen LogP contribution in [0.3, 0.4) is 0 Å².